The molecule has 7 heteroatoms. The van der Waals surface area contributed by atoms with Gasteiger partial charge in [-0.3, -0.25) is 9.48 Å². The Kier molecular flexibility index (Phi) is 5.64. The zero-order valence-corrected chi connectivity index (χ0v) is 13.6. The van der Waals surface area contributed by atoms with Gasteiger partial charge in [-0.05, 0) is 36.6 Å². The molecule has 0 saturated heterocycles. The third-order valence-corrected chi connectivity index (χ3v) is 3.99. The van der Waals surface area contributed by atoms with Crippen LogP contribution in [0.25, 0.3) is 0 Å². The number of aryl methyl sites for hydroxylation is 1. The third-order valence-electron chi connectivity index (χ3n) is 3.99. The molecule has 0 saturated carbocycles. The number of aromatic nitrogens is 2. The van der Waals surface area contributed by atoms with E-state index in [4.69, 9.17) is 0 Å². The fourth-order valence-corrected chi connectivity index (χ4v) is 2.43. The van der Waals surface area contributed by atoms with E-state index in [2.05, 4.69) is 10.4 Å². The number of benzene rings is 1. The number of nitrogens with zero attached hydrogens (tertiary/aromatic N) is 2. The molecule has 1 heterocycles. The summed E-state index contributed by atoms with van der Waals surface area (Å²) in [6.45, 7) is 2.26. The summed E-state index contributed by atoms with van der Waals surface area (Å²) in [5.41, 5.74) is 0.915. The van der Waals surface area contributed by atoms with Gasteiger partial charge in [0.15, 0.2) is 0 Å². The standard InChI is InChI=1S/C17H20F3N3O/c1-3-13(16(24)21-11-15-8-9-22-23(15)2)10-12-4-6-14(7-5-12)17(18,19)20/h4-9,13H,3,10-11H2,1-2H3,(H,21,24)/t13-/m1/s1. The summed E-state index contributed by atoms with van der Waals surface area (Å²) < 4.78 is 39.4. The number of halogens is 3. The Morgan fingerprint density at radius 1 is 1.25 bits per heavy atom. The van der Waals surface area contributed by atoms with Gasteiger partial charge >= 0.3 is 6.18 Å². The van der Waals surface area contributed by atoms with E-state index in [0.29, 0.717) is 24.9 Å². The molecule has 1 amide bonds. The molecule has 0 aliphatic rings. The molecule has 24 heavy (non-hydrogen) atoms. The second-order valence-corrected chi connectivity index (χ2v) is 5.67. The van der Waals surface area contributed by atoms with Gasteiger partial charge < -0.3 is 5.32 Å². The van der Waals surface area contributed by atoms with Crippen LogP contribution in [0.2, 0.25) is 0 Å². The Labute approximate surface area is 138 Å². The number of amides is 1. The molecule has 1 aromatic carbocycles. The highest BCUT2D eigenvalue weighted by atomic mass is 19.4. The van der Waals surface area contributed by atoms with Crippen molar-refractivity contribution in [1.29, 1.82) is 0 Å². The largest absolute Gasteiger partial charge is 0.416 e. The Hall–Kier alpha value is -2.31. The van der Waals surface area contributed by atoms with Gasteiger partial charge in [-0.1, -0.05) is 19.1 Å². The van der Waals surface area contributed by atoms with E-state index in [9.17, 15) is 18.0 Å². The van der Waals surface area contributed by atoms with Crippen molar-refractivity contribution in [3.63, 3.8) is 0 Å². The minimum Gasteiger partial charge on any atom is -0.350 e. The summed E-state index contributed by atoms with van der Waals surface area (Å²) in [7, 11) is 1.79. The van der Waals surface area contributed by atoms with Crippen LogP contribution in [0.4, 0.5) is 13.2 Å². The van der Waals surface area contributed by atoms with Crippen LogP contribution in [-0.2, 0) is 31.0 Å². The second kappa shape index (κ2) is 7.51. The molecule has 0 spiro atoms. The first-order valence-corrected chi connectivity index (χ1v) is 7.72. The molecule has 1 atom stereocenters. The normalized spacial score (nSPS) is 12.9. The van der Waals surface area contributed by atoms with Gasteiger partial charge in [0, 0.05) is 19.2 Å². The van der Waals surface area contributed by atoms with Crippen LogP contribution in [0.1, 0.15) is 30.2 Å². The maximum Gasteiger partial charge on any atom is 0.416 e. The van der Waals surface area contributed by atoms with Gasteiger partial charge in [0.05, 0.1) is 17.8 Å². The van der Waals surface area contributed by atoms with E-state index < -0.39 is 11.7 Å². The van der Waals surface area contributed by atoms with Crippen LogP contribution < -0.4 is 5.32 Å². The van der Waals surface area contributed by atoms with Gasteiger partial charge in [0.1, 0.15) is 0 Å². The number of rotatable bonds is 6. The number of alkyl halides is 3. The highest BCUT2D eigenvalue weighted by molar-refractivity contribution is 5.78. The Morgan fingerprint density at radius 2 is 1.92 bits per heavy atom. The number of carbonyl (C=O) groups excluding carboxylic acids is 1. The first-order chi connectivity index (χ1) is 11.3. The van der Waals surface area contributed by atoms with Crippen LogP contribution in [-0.4, -0.2) is 15.7 Å². The van der Waals surface area contributed by atoms with Crippen molar-refractivity contribution in [3.8, 4) is 0 Å². The minimum absolute atomic E-state index is 0.112. The maximum atomic E-state index is 12.6. The molecule has 4 nitrogen and oxygen atoms in total. The lowest BCUT2D eigenvalue weighted by atomic mass is 9.95. The molecular formula is C17H20F3N3O. The van der Waals surface area contributed by atoms with E-state index >= 15 is 0 Å². The van der Waals surface area contributed by atoms with Crippen LogP contribution in [0.3, 0.4) is 0 Å². The second-order valence-electron chi connectivity index (χ2n) is 5.67. The van der Waals surface area contributed by atoms with Crippen molar-refractivity contribution >= 4 is 5.91 Å². The third kappa shape index (κ3) is 4.59. The van der Waals surface area contributed by atoms with Crippen molar-refractivity contribution in [2.75, 3.05) is 0 Å². The molecule has 1 aromatic heterocycles. The predicted octanol–water partition coefficient (Wildman–Crippen LogP) is 3.32. The SMILES string of the molecule is CC[C@H](Cc1ccc(C(F)(F)F)cc1)C(=O)NCc1ccnn1C. The fourth-order valence-electron chi connectivity index (χ4n) is 2.43. The molecule has 0 fully saturated rings. The lowest BCUT2D eigenvalue weighted by molar-refractivity contribution is -0.137. The summed E-state index contributed by atoms with van der Waals surface area (Å²) in [5.74, 6) is -0.395. The zero-order chi connectivity index (χ0) is 17.7. The van der Waals surface area contributed by atoms with E-state index in [-0.39, 0.29) is 11.8 Å². The lowest BCUT2D eigenvalue weighted by Crippen LogP contribution is -2.31. The van der Waals surface area contributed by atoms with Crippen LogP contribution >= 0.6 is 0 Å². The zero-order valence-electron chi connectivity index (χ0n) is 13.6. The summed E-state index contributed by atoms with van der Waals surface area (Å²) in [6.07, 6.45) is -1.67. The van der Waals surface area contributed by atoms with Crippen molar-refractivity contribution in [1.82, 2.24) is 15.1 Å². The molecule has 0 radical (unpaired) electrons. The quantitative estimate of drug-likeness (QED) is 0.877. The smallest absolute Gasteiger partial charge is 0.350 e. The topological polar surface area (TPSA) is 46.9 Å². The molecule has 130 valence electrons. The minimum atomic E-state index is -4.34. The van der Waals surface area contributed by atoms with Gasteiger partial charge in [-0.2, -0.15) is 18.3 Å². The fraction of sp³-hybridized carbons (Fsp3) is 0.412. The molecule has 0 aliphatic heterocycles. The van der Waals surface area contributed by atoms with Crippen molar-refractivity contribution in [2.45, 2.75) is 32.5 Å². The van der Waals surface area contributed by atoms with Crippen molar-refractivity contribution < 1.29 is 18.0 Å². The van der Waals surface area contributed by atoms with E-state index in [1.54, 1.807) is 17.9 Å². The monoisotopic (exact) mass is 339 g/mol. The van der Waals surface area contributed by atoms with E-state index in [1.807, 2.05) is 13.0 Å². The Bertz CT molecular complexity index is 677. The Balaban J connectivity index is 1.95. The molecular weight excluding hydrogens is 319 g/mol. The summed E-state index contributed by atoms with van der Waals surface area (Å²) >= 11 is 0. The average Bonchev–Trinajstić information content (AvgIpc) is 2.95. The first kappa shape index (κ1) is 18.0. The average molecular weight is 339 g/mol. The van der Waals surface area contributed by atoms with Gasteiger partial charge in [0.25, 0.3) is 0 Å². The number of nitrogens with one attached hydrogen (secondary N) is 1. The molecule has 1 N–H and O–H groups in total. The number of hydrogen-bond acceptors (Lipinski definition) is 2. The lowest BCUT2D eigenvalue weighted by Gasteiger charge is -2.16. The van der Waals surface area contributed by atoms with Gasteiger partial charge in [0.2, 0.25) is 5.91 Å². The van der Waals surface area contributed by atoms with Crippen molar-refractivity contribution in [2.24, 2.45) is 13.0 Å². The highest BCUT2D eigenvalue weighted by Gasteiger charge is 2.30. The molecule has 0 unspecified atom stereocenters. The highest BCUT2D eigenvalue weighted by Crippen LogP contribution is 2.29. The molecule has 2 aromatic rings. The Morgan fingerprint density at radius 3 is 2.42 bits per heavy atom. The van der Waals surface area contributed by atoms with Crippen LogP contribution in [0.5, 0.6) is 0 Å². The summed E-state index contributed by atoms with van der Waals surface area (Å²) in [5, 5.41) is 6.88. The summed E-state index contributed by atoms with van der Waals surface area (Å²) in [6, 6.07) is 6.78. The maximum absolute atomic E-state index is 12.6. The van der Waals surface area contributed by atoms with Crippen molar-refractivity contribution in [3.05, 3.63) is 53.3 Å². The molecule has 0 bridgehead atoms. The first-order valence-electron chi connectivity index (χ1n) is 7.72. The van der Waals surface area contributed by atoms with Gasteiger partial charge in [-0.25, -0.2) is 0 Å². The van der Waals surface area contributed by atoms with E-state index in [1.165, 1.54) is 12.1 Å². The van der Waals surface area contributed by atoms with Gasteiger partial charge in [-0.15, -0.1) is 0 Å². The van der Waals surface area contributed by atoms with Crippen LogP contribution in [0, 0.1) is 5.92 Å². The summed E-state index contributed by atoms with van der Waals surface area (Å²) in [4.78, 5) is 12.3. The van der Waals surface area contributed by atoms with Crippen LogP contribution in [0.15, 0.2) is 36.5 Å². The molecule has 2 rings (SSSR count). The number of hydrogen-bond donors (Lipinski definition) is 1. The molecule has 0 aliphatic carbocycles. The predicted molar refractivity (Wildman–Crippen MR) is 84.0 cm³/mol. The number of carbonyl (C=O) groups is 1. The van der Waals surface area contributed by atoms with E-state index in [0.717, 1.165) is 17.8 Å².